The second-order valence-corrected chi connectivity index (χ2v) is 2.28. The van der Waals surface area contributed by atoms with Crippen molar-refractivity contribution in [3.05, 3.63) is 18.2 Å². The quantitative estimate of drug-likeness (QED) is 0.585. The minimum absolute atomic E-state index is 0.262. The highest BCUT2D eigenvalue weighted by Gasteiger charge is 2.10. The molecule has 6 nitrogen and oxygen atoms in total. The summed E-state index contributed by atoms with van der Waals surface area (Å²) in [6, 6.07) is 0. The predicted octanol–water partition coefficient (Wildman–Crippen LogP) is -0.192. The largest absolute Gasteiger partial charge is 0.474 e. The summed E-state index contributed by atoms with van der Waals surface area (Å²) in [5.74, 6) is -2.10. The molecule has 0 saturated carbocycles. The fraction of sp³-hybridized carbons (Fsp3) is 0.143. The smallest absolute Gasteiger partial charge is 0.394 e. The highest BCUT2D eigenvalue weighted by Crippen LogP contribution is 2.01. The first-order valence-electron chi connectivity index (χ1n) is 3.42. The van der Waals surface area contributed by atoms with Gasteiger partial charge in [-0.25, -0.2) is 14.8 Å². The molecule has 13 heavy (non-hydrogen) atoms. The number of nitrogens with one attached hydrogen (secondary N) is 1. The number of nitrogens with zero attached hydrogens (tertiary/aromatic N) is 2. The van der Waals surface area contributed by atoms with Gasteiger partial charge in [-0.1, -0.05) is 0 Å². The molecule has 0 aliphatic heterocycles. The van der Waals surface area contributed by atoms with Crippen LogP contribution in [0.5, 0.6) is 0 Å². The van der Waals surface area contributed by atoms with Crippen LogP contribution in [0.4, 0.5) is 5.69 Å². The van der Waals surface area contributed by atoms with Crippen molar-refractivity contribution in [2.24, 2.45) is 0 Å². The number of carbonyl (C=O) groups is 2. The molecule has 1 rings (SSSR count). The molecule has 6 heteroatoms. The second kappa shape index (κ2) is 3.61. The molecule has 0 aliphatic carbocycles. The molecule has 0 radical (unpaired) electrons. The Balaban J connectivity index is 2.70. The first kappa shape index (κ1) is 9.11. The standard InChI is InChI=1S/C7H7N3O3/c1-4-8-2-5(3-9-4)10-6(11)7(12)13/h2-3H,1H3,(H,10,11)(H,12,13). The third-order valence-corrected chi connectivity index (χ3v) is 1.23. The zero-order valence-electron chi connectivity index (χ0n) is 6.81. The number of carbonyl (C=O) groups excluding carboxylic acids is 1. The predicted molar refractivity (Wildman–Crippen MR) is 43.0 cm³/mol. The molecular formula is C7H7N3O3. The number of aliphatic carboxylic acids is 1. The molecule has 0 saturated heterocycles. The van der Waals surface area contributed by atoms with Gasteiger partial charge in [0.2, 0.25) is 0 Å². The Hall–Kier alpha value is -1.98. The van der Waals surface area contributed by atoms with Crippen LogP contribution in [0.25, 0.3) is 0 Å². The van der Waals surface area contributed by atoms with Gasteiger partial charge >= 0.3 is 11.9 Å². The Kier molecular flexibility index (Phi) is 2.53. The van der Waals surface area contributed by atoms with Crippen LogP contribution in [0, 0.1) is 6.92 Å². The molecule has 0 atom stereocenters. The molecule has 0 fully saturated rings. The fourth-order valence-electron chi connectivity index (χ4n) is 0.642. The number of anilines is 1. The summed E-state index contributed by atoms with van der Waals surface area (Å²) < 4.78 is 0. The zero-order valence-corrected chi connectivity index (χ0v) is 6.81. The van der Waals surface area contributed by atoms with E-state index in [2.05, 4.69) is 15.3 Å². The van der Waals surface area contributed by atoms with Gasteiger partial charge in [-0.05, 0) is 6.92 Å². The van der Waals surface area contributed by atoms with E-state index in [0.717, 1.165) is 0 Å². The lowest BCUT2D eigenvalue weighted by atomic mass is 10.5. The van der Waals surface area contributed by atoms with Crippen molar-refractivity contribution in [3.63, 3.8) is 0 Å². The van der Waals surface area contributed by atoms with Gasteiger partial charge in [0.25, 0.3) is 0 Å². The number of hydrogen-bond donors (Lipinski definition) is 2. The summed E-state index contributed by atoms with van der Waals surface area (Å²) in [5, 5.41) is 10.4. The lowest BCUT2D eigenvalue weighted by molar-refractivity contribution is -0.147. The SMILES string of the molecule is Cc1ncc(NC(=O)C(=O)O)cn1. The van der Waals surface area contributed by atoms with E-state index in [0.29, 0.717) is 5.82 Å². The topological polar surface area (TPSA) is 92.2 Å². The van der Waals surface area contributed by atoms with Gasteiger partial charge in [0.15, 0.2) is 0 Å². The van der Waals surface area contributed by atoms with Crippen LogP contribution in [0.15, 0.2) is 12.4 Å². The van der Waals surface area contributed by atoms with Crippen LogP contribution in [-0.2, 0) is 9.59 Å². The van der Waals surface area contributed by atoms with Crippen LogP contribution in [0.1, 0.15) is 5.82 Å². The lowest BCUT2D eigenvalue weighted by Gasteiger charge is -1.99. The van der Waals surface area contributed by atoms with Gasteiger partial charge in [-0.3, -0.25) is 4.79 Å². The van der Waals surface area contributed by atoms with E-state index >= 15 is 0 Å². The molecule has 0 bridgehead atoms. The number of aryl methyl sites for hydroxylation is 1. The zero-order chi connectivity index (χ0) is 9.84. The maximum Gasteiger partial charge on any atom is 0.394 e. The molecule has 2 N–H and O–H groups in total. The minimum atomic E-state index is -1.54. The Labute approximate surface area is 73.6 Å². The number of carboxylic acid groups (broad SMARTS) is 1. The van der Waals surface area contributed by atoms with Crippen molar-refractivity contribution in [3.8, 4) is 0 Å². The van der Waals surface area contributed by atoms with Crippen LogP contribution in [0.3, 0.4) is 0 Å². The molecule has 68 valence electrons. The molecule has 1 aromatic heterocycles. The van der Waals surface area contributed by atoms with E-state index in [1.165, 1.54) is 12.4 Å². The van der Waals surface area contributed by atoms with E-state index in [9.17, 15) is 9.59 Å². The first-order valence-corrected chi connectivity index (χ1v) is 3.42. The molecule has 1 heterocycles. The molecule has 0 unspecified atom stereocenters. The number of carboxylic acids is 1. The molecule has 0 aromatic carbocycles. The summed E-state index contributed by atoms with van der Waals surface area (Å²) in [7, 11) is 0. The van der Waals surface area contributed by atoms with Crippen molar-refractivity contribution < 1.29 is 14.7 Å². The monoisotopic (exact) mass is 181 g/mol. The number of aromatic nitrogens is 2. The average molecular weight is 181 g/mol. The Morgan fingerprint density at radius 1 is 1.38 bits per heavy atom. The number of hydrogen-bond acceptors (Lipinski definition) is 4. The molecular weight excluding hydrogens is 174 g/mol. The van der Waals surface area contributed by atoms with E-state index in [-0.39, 0.29) is 5.69 Å². The van der Waals surface area contributed by atoms with Crippen molar-refractivity contribution in [1.29, 1.82) is 0 Å². The summed E-state index contributed by atoms with van der Waals surface area (Å²) in [6.07, 6.45) is 2.67. The highest BCUT2D eigenvalue weighted by atomic mass is 16.4. The molecule has 0 aliphatic rings. The van der Waals surface area contributed by atoms with Crippen LogP contribution >= 0.6 is 0 Å². The summed E-state index contributed by atoms with van der Waals surface area (Å²) in [5.41, 5.74) is 0.262. The summed E-state index contributed by atoms with van der Waals surface area (Å²) in [6.45, 7) is 1.68. The van der Waals surface area contributed by atoms with Crippen LogP contribution in [0.2, 0.25) is 0 Å². The second-order valence-electron chi connectivity index (χ2n) is 2.28. The van der Waals surface area contributed by atoms with Crippen molar-refractivity contribution in [2.75, 3.05) is 5.32 Å². The Morgan fingerprint density at radius 3 is 2.38 bits per heavy atom. The van der Waals surface area contributed by atoms with Crippen LogP contribution in [-0.4, -0.2) is 27.0 Å². The molecule has 0 spiro atoms. The van der Waals surface area contributed by atoms with E-state index in [1.54, 1.807) is 6.92 Å². The van der Waals surface area contributed by atoms with E-state index < -0.39 is 11.9 Å². The van der Waals surface area contributed by atoms with Gasteiger partial charge < -0.3 is 10.4 Å². The van der Waals surface area contributed by atoms with E-state index in [4.69, 9.17) is 5.11 Å². The van der Waals surface area contributed by atoms with Crippen molar-refractivity contribution >= 4 is 17.6 Å². The van der Waals surface area contributed by atoms with Gasteiger partial charge in [-0.2, -0.15) is 0 Å². The van der Waals surface area contributed by atoms with Crippen molar-refractivity contribution in [1.82, 2.24) is 9.97 Å². The van der Waals surface area contributed by atoms with Crippen LogP contribution < -0.4 is 5.32 Å². The third kappa shape index (κ3) is 2.51. The molecule has 1 aromatic rings. The van der Waals surface area contributed by atoms with Crippen molar-refractivity contribution in [2.45, 2.75) is 6.92 Å². The fourth-order valence-corrected chi connectivity index (χ4v) is 0.642. The summed E-state index contributed by atoms with van der Waals surface area (Å²) in [4.78, 5) is 28.3. The molecule has 1 amide bonds. The maximum atomic E-state index is 10.6. The van der Waals surface area contributed by atoms with Gasteiger partial charge in [0.1, 0.15) is 5.82 Å². The average Bonchev–Trinajstić information content (AvgIpc) is 2.08. The maximum absolute atomic E-state index is 10.6. The van der Waals surface area contributed by atoms with Gasteiger partial charge in [0, 0.05) is 0 Å². The van der Waals surface area contributed by atoms with Gasteiger partial charge in [0.05, 0.1) is 18.1 Å². The number of rotatable bonds is 1. The lowest BCUT2D eigenvalue weighted by Crippen LogP contribution is -2.21. The third-order valence-electron chi connectivity index (χ3n) is 1.23. The minimum Gasteiger partial charge on any atom is -0.474 e. The Morgan fingerprint density at radius 2 is 1.92 bits per heavy atom. The Bertz CT molecular complexity index is 333. The van der Waals surface area contributed by atoms with E-state index in [1.807, 2.05) is 0 Å². The first-order chi connectivity index (χ1) is 6.09. The highest BCUT2D eigenvalue weighted by molar-refractivity contribution is 6.36. The normalized spacial score (nSPS) is 9.31. The van der Waals surface area contributed by atoms with Gasteiger partial charge in [-0.15, -0.1) is 0 Å². The summed E-state index contributed by atoms with van der Waals surface area (Å²) >= 11 is 0. The number of amides is 1.